The Hall–Kier alpha value is -2.06. The van der Waals surface area contributed by atoms with E-state index in [1.807, 2.05) is 18.2 Å². The van der Waals surface area contributed by atoms with Crippen molar-refractivity contribution in [1.82, 2.24) is 5.32 Å². The van der Waals surface area contributed by atoms with Crippen LogP contribution in [0.5, 0.6) is 0 Å². The first-order valence-electron chi connectivity index (χ1n) is 7.00. The van der Waals surface area contributed by atoms with Crippen LogP contribution in [0, 0.1) is 6.92 Å². The third-order valence-corrected chi connectivity index (χ3v) is 3.71. The first kappa shape index (κ1) is 12.9. The summed E-state index contributed by atoms with van der Waals surface area (Å²) in [6.07, 6.45) is 0. The molecule has 0 amide bonds. The molecule has 1 atom stereocenters. The number of benzene rings is 2. The standard InChI is InChI=1S/C18H19NO/c1-13-7-3-5-9-17(13)14(2)19-12-16-11-15-8-4-6-10-18(15)20-16/h3-11,14,19H,12H2,1-2H3. The van der Waals surface area contributed by atoms with Crippen LogP contribution in [0.25, 0.3) is 11.0 Å². The molecule has 1 unspecified atom stereocenters. The minimum Gasteiger partial charge on any atom is -0.460 e. The van der Waals surface area contributed by atoms with Gasteiger partial charge in [0.05, 0.1) is 6.54 Å². The average molecular weight is 265 g/mol. The van der Waals surface area contributed by atoms with Crippen molar-refractivity contribution in [2.75, 3.05) is 0 Å². The maximum Gasteiger partial charge on any atom is 0.134 e. The number of furan rings is 1. The van der Waals surface area contributed by atoms with E-state index in [0.29, 0.717) is 6.04 Å². The smallest absolute Gasteiger partial charge is 0.134 e. The van der Waals surface area contributed by atoms with Crippen molar-refractivity contribution in [3.05, 3.63) is 71.5 Å². The van der Waals surface area contributed by atoms with Crippen molar-refractivity contribution in [3.63, 3.8) is 0 Å². The van der Waals surface area contributed by atoms with E-state index in [9.17, 15) is 0 Å². The molecular formula is C18H19NO. The Morgan fingerprint density at radius 3 is 2.60 bits per heavy atom. The number of para-hydroxylation sites is 1. The highest BCUT2D eigenvalue weighted by molar-refractivity contribution is 5.77. The van der Waals surface area contributed by atoms with Gasteiger partial charge in [-0.1, -0.05) is 42.5 Å². The molecule has 0 bridgehead atoms. The minimum absolute atomic E-state index is 0.310. The highest BCUT2D eigenvalue weighted by atomic mass is 16.3. The molecule has 0 saturated carbocycles. The van der Waals surface area contributed by atoms with E-state index >= 15 is 0 Å². The first-order chi connectivity index (χ1) is 9.74. The predicted octanol–water partition coefficient (Wildman–Crippen LogP) is 4.59. The van der Waals surface area contributed by atoms with Crippen LogP contribution in [0.2, 0.25) is 0 Å². The number of hydrogen-bond donors (Lipinski definition) is 1. The number of nitrogens with one attached hydrogen (secondary N) is 1. The summed E-state index contributed by atoms with van der Waals surface area (Å²) in [5.41, 5.74) is 3.61. The SMILES string of the molecule is Cc1ccccc1C(C)NCc1cc2ccccc2o1. The van der Waals surface area contributed by atoms with Gasteiger partial charge < -0.3 is 9.73 Å². The van der Waals surface area contributed by atoms with Gasteiger partial charge in [0.15, 0.2) is 0 Å². The quantitative estimate of drug-likeness (QED) is 0.746. The maximum absolute atomic E-state index is 5.82. The van der Waals surface area contributed by atoms with Crippen molar-refractivity contribution in [1.29, 1.82) is 0 Å². The molecule has 2 nitrogen and oxygen atoms in total. The van der Waals surface area contributed by atoms with E-state index in [0.717, 1.165) is 23.3 Å². The van der Waals surface area contributed by atoms with Gasteiger partial charge in [0.2, 0.25) is 0 Å². The van der Waals surface area contributed by atoms with E-state index in [1.165, 1.54) is 11.1 Å². The van der Waals surface area contributed by atoms with Gasteiger partial charge in [0, 0.05) is 11.4 Å². The number of aryl methyl sites for hydroxylation is 1. The monoisotopic (exact) mass is 265 g/mol. The van der Waals surface area contributed by atoms with Crippen LogP contribution in [-0.2, 0) is 6.54 Å². The van der Waals surface area contributed by atoms with Crippen molar-refractivity contribution >= 4 is 11.0 Å². The van der Waals surface area contributed by atoms with Crippen LogP contribution in [0.1, 0.15) is 29.9 Å². The molecule has 3 aromatic rings. The molecule has 1 aromatic heterocycles. The Labute approximate surface area is 119 Å². The lowest BCUT2D eigenvalue weighted by molar-refractivity contribution is 0.481. The predicted molar refractivity (Wildman–Crippen MR) is 82.6 cm³/mol. The fraction of sp³-hybridized carbons (Fsp3) is 0.222. The van der Waals surface area contributed by atoms with Crippen LogP contribution in [0.3, 0.4) is 0 Å². The first-order valence-corrected chi connectivity index (χ1v) is 7.00. The van der Waals surface area contributed by atoms with Crippen molar-refractivity contribution in [2.24, 2.45) is 0 Å². The Balaban J connectivity index is 1.71. The second-order valence-electron chi connectivity index (χ2n) is 5.21. The molecule has 3 rings (SSSR count). The Kier molecular flexibility index (Phi) is 3.57. The van der Waals surface area contributed by atoms with Gasteiger partial charge >= 0.3 is 0 Å². The molecule has 0 saturated heterocycles. The zero-order valence-corrected chi connectivity index (χ0v) is 11.9. The highest BCUT2D eigenvalue weighted by Gasteiger charge is 2.09. The van der Waals surface area contributed by atoms with E-state index in [-0.39, 0.29) is 0 Å². The van der Waals surface area contributed by atoms with Crippen LogP contribution >= 0.6 is 0 Å². The molecule has 0 aliphatic rings. The normalized spacial score (nSPS) is 12.7. The molecule has 102 valence electrons. The molecule has 2 heteroatoms. The van der Waals surface area contributed by atoms with Gasteiger partial charge in [-0.15, -0.1) is 0 Å². The number of rotatable bonds is 4. The topological polar surface area (TPSA) is 25.2 Å². The number of fused-ring (bicyclic) bond motifs is 1. The largest absolute Gasteiger partial charge is 0.460 e. The van der Waals surface area contributed by atoms with E-state index in [2.05, 4.69) is 55.6 Å². The van der Waals surface area contributed by atoms with Gasteiger partial charge in [-0.2, -0.15) is 0 Å². The van der Waals surface area contributed by atoms with Crippen molar-refractivity contribution < 1.29 is 4.42 Å². The molecule has 0 aliphatic heterocycles. The minimum atomic E-state index is 0.310. The van der Waals surface area contributed by atoms with Gasteiger partial charge in [-0.05, 0) is 37.1 Å². The molecule has 2 aromatic carbocycles. The Morgan fingerprint density at radius 1 is 1.05 bits per heavy atom. The average Bonchev–Trinajstić information content (AvgIpc) is 2.88. The second-order valence-corrected chi connectivity index (χ2v) is 5.21. The summed E-state index contributed by atoms with van der Waals surface area (Å²) in [6, 6.07) is 19.0. The van der Waals surface area contributed by atoms with Crippen molar-refractivity contribution in [3.8, 4) is 0 Å². The molecule has 1 N–H and O–H groups in total. The van der Waals surface area contributed by atoms with Gasteiger partial charge in [-0.3, -0.25) is 0 Å². The fourth-order valence-corrected chi connectivity index (χ4v) is 2.56. The van der Waals surface area contributed by atoms with Crippen LogP contribution in [0.15, 0.2) is 59.0 Å². The lowest BCUT2D eigenvalue weighted by Gasteiger charge is -2.15. The molecule has 1 heterocycles. The van der Waals surface area contributed by atoms with Crippen LogP contribution in [-0.4, -0.2) is 0 Å². The molecular weight excluding hydrogens is 246 g/mol. The summed E-state index contributed by atoms with van der Waals surface area (Å²) in [4.78, 5) is 0. The third kappa shape index (κ3) is 2.61. The zero-order chi connectivity index (χ0) is 13.9. The fourth-order valence-electron chi connectivity index (χ4n) is 2.56. The highest BCUT2D eigenvalue weighted by Crippen LogP contribution is 2.21. The van der Waals surface area contributed by atoms with Crippen molar-refractivity contribution in [2.45, 2.75) is 26.4 Å². The zero-order valence-electron chi connectivity index (χ0n) is 11.9. The lowest BCUT2D eigenvalue weighted by atomic mass is 10.0. The van der Waals surface area contributed by atoms with E-state index in [1.54, 1.807) is 0 Å². The molecule has 0 radical (unpaired) electrons. The Bertz CT molecular complexity index is 681. The van der Waals surface area contributed by atoms with Gasteiger partial charge in [-0.25, -0.2) is 0 Å². The third-order valence-electron chi connectivity index (χ3n) is 3.71. The van der Waals surface area contributed by atoms with Gasteiger partial charge in [0.25, 0.3) is 0 Å². The number of hydrogen-bond acceptors (Lipinski definition) is 2. The summed E-state index contributed by atoms with van der Waals surface area (Å²) >= 11 is 0. The molecule has 0 spiro atoms. The molecule has 20 heavy (non-hydrogen) atoms. The summed E-state index contributed by atoms with van der Waals surface area (Å²) in [6.45, 7) is 5.07. The lowest BCUT2D eigenvalue weighted by Crippen LogP contribution is -2.18. The summed E-state index contributed by atoms with van der Waals surface area (Å²) in [5.74, 6) is 0.978. The molecule has 0 aliphatic carbocycles. The molecule has 0 fully saturated rings. The second kappa shape index (κ2) is 5.51. The maximum atomic E-state index is 5.82. The summed E-state index contributed by atoms with van der Waals surface area (Å²) in [7, 11) is 0. The van der Waals surface area contributed by atoms with Gasteiger partial charge in [0.1, 0.15) is 11.3 Å². The summed E-state index contributed by atoms with van der Waals surface area (Å²) < 4.78 is 5.82. The van der Waals surface area contributed by atoms with Crippen LogP contribution < -0.4 is 5.32 Å². The van der Waals surface area contributed by atoms with E-state index < -0.39 is 0 Å². The van der Waals surface area contributed by atoms with Crippen LogP contribution in [0.4, 0.5) is 0 Å². The van der Waals surface area contributed by atoms with E-state index in [4.69, 9.17) is 4.42 Å². The summed E-state index contributed by atoms with van der Waals surface area (Å²) in [5, 5.41) is 4.68. The Morgan fingerprint density at radius 2 is 1.80 bits per heavy atom.